The maximum absolute atomic E-state index is 9.08. The fourth-order valence-electron chi connectivity index (χ4n) is 1.57. The van der Waals surface area contributed by atoms with E-state index in [2.05, 4.69) is 15.8 Å². The number of methoxy groups -OCH3 is 1. The molecule has 94 valence electrons. The van der Waals surface area contributed by atoms with Crippen molar-refractivity contribution in [2.75, 3.05) is 12.4 Å². The number of nitrogens with zero attached hydrogens (tertiary/aromatic N) is 3. The molecule has 0 radical (unpaired) electrons. The van der Waals surface area contributed by atoms with Crippen LogP contribution in [0.1, 0.15) is 16.8 Å². The molecule has 0 spiro atoms. The monoisotopic (exact) mass is 270 g/mol. The standard InChI is InChI=1S/C13H10N4OS/c1-8-10(7-15)13(19-17-8)16-11-4-3-9(6-14)5-12(11)18-2/h3-5,16H,1-2H3. The van der Waals surface area contributed by atoms with E-state index in [-0.39, 0.29) is 0 Å². The average Bonchev–Trinajstić information content (AvgIpc) is 2.79. The molecule has 6 heteroatoms. The van der Waals surface area contributed by atoms with Crippen molar-refractivity contribution < 1.29 is 4.74 Å². The van der Waals surface area contributed by atoms with Crippen molar-refractivity contribution in [2.45, 2.75) is 6.92 Å². The van der Waals surface area contributed by atoms with Crippen LogP contribution in [0.3, 0.4) is 0 Å². The van der Waals surface area contributed by atoms with Gasteiger partial charge in [-0.25, -0.2) is 0 Å². The highest BCUT2D eigenvalue weighted by molar-refractivity contribution is 7.10. The fraction of sp³-hybridized carbons (Fsp3) is 0.154. The molecule has 1 heterocycles. The SMILES string of the molecule is COc1cc(C#N)ccc1Nc1snc(C)c1C#N. The second-order valence-corrected chi connectivity index (χ2v) is 4.51. The molecule has 1 aromatic carbocycles. The summed E-state index contributed by atoms with van der Waals surface area (Å²) in [6, 6.07) is 9.24. The number of rotatable bonds is 3. The summed E-state index contributed by atoms with van der Waals surface area (Å²) in [7, 11) is 1.53. The van der Waals surface area contributed by atoms with Gasteiger partial charge in [0.05, 0.1) is 30.1 Å². The first-order valence-electron chi connectivity index (χ1n) is 5.41. The number of anilines is 2. The van der Waals surface area contributed by atoms with Crippen molar-refractivity contribution in [2.24, 2.45) is 0 Å². The number of nitriles is 2. The Hall–Kier alpha value is -2.57. The molecule has 0 aliphatic rings. The van der Waals surface area contributed by atoms with Crippen molar-refractivity contribution in [3.63, 3.8) is 0 Å². The Morgan fingerprint density at radius 2 is 2.11 bits per heavy atom. The molecule has 0 amide bonds. The zero-order chi connectivity index (χ0) is 13.8. The van der Waals surface area contributed by atoms with Crippen LogP contribution in [0.4, 0.5) is 10.7 Å². The van der Waals surface area contributed by atoms with Crippen molar-refractivity contribution in [3.8, 4) is 17.9 Å². The summed E-state index contributed by atoms with van der Waals surface area (Å²) in [5, 5.41) is 21.7. The van der Waals surface area contributed by atoms with Crippen LogP contribution in [-0.2, 0) is 0 Å². The molecule has 0 fully saturated rings. The number of hydrogen-bond donors (Lipinski definition) is 1. The van der Waals surface area contributed by atoms with Gasteiger partial charge in [-0.1, -0.05) is 0 Å². The zero-order valence-electron chi connectivity index (χ0n) is 10.4. The lowest BCUT2D eigenvalue weighted by Gasteiger charge is -2.09. The van der Waals surface area contributed by atoms with Crippen LogP contribution in [0.5, 0.6) is 5.75 Å². The summed E-state index contributed by atoms with van der Waals surface area (Å²) < 4.78 is 9.36. The largest absolute Gasteiger partial charge is 0.495 e. The van der Waals surface area contributed by atoms with Crippen LogP contribution in [0.15, 0.2) is 18.2 Å². The van der Waals surface area contributed by atoms with Gasteiger partial charge >= 0.3 is 0 Å². The van der Waals surface area contributed by atoms with Gasteiger partial charge in [-0.05, 0) is 30.6 Å². The maximum Gasteiger partial charge on any atom is 0.143 e. The average molecular weight is 270 g/mol. The maximum atomic E-state index is 9.08. The van der Waals surface area contributed by atoms with E-state index in [0.29, 0.717) is 33.3 Å². The first kappa shape index (κ1) is 12.9. The summed E-state index contributed by atoms with van der Waals surface area (Å²) in [5.74, 6) is 0.550. The molecule has 0 unspecified atom stereocenters. The normalized spacial score (nSPS) is 9.47. The Morgan fingerprint density at radius 3 is 2.74 bits per heavy atom. The highest BCUT2D eigenvalue weighted by atomic mass is 32.1. The van der Waals surface area contributed by atoms with Crippen LogP contribution in [-0.4, -0.2) is 11.5 Å². The van der Waals surface area contributed by atoms with E-state index < -0.39 is 0 Å². The molecule has 1 N–H and O–H groups in total. The Kier molecular flexibility index (Phi) is 3.65. The molecule has 0 saturated carbocycles. The quantitative estimate of drug-likeness (QED) is 0.927. The van der Waals surface area contributed by atoms with E-state index >= 15 is 0 Å². The Morgan fingerprint density at radius 1 is 1.32 bits per heavy atom. The van der Waals surface area contributed by atoms with E-state index in [1.165, 1.54) is 18.6 Å². The van der Waals surface area contributed by atoms with Gasteiger partial charge in [0.25, 0.3) is 0 Å². The van der Waals surface area contributed by atoms with Gasteiger partial charge in [0.1, 0.15) is 22.4 Å². The van der Waals surface area contributed by atoms with Gasteiger partial charge in [0.15, 0.2) is 0 Å². The number of nitrogens with one attached hydrogen (secondary N) is 1. The van der Waals surface area contributed by atoms with Gasteiger partial charge in [0, 0.05) is 6.07 Å². The minimum absolute atomic E-state index is 0.517. The third-order valence-corrected chi connectivity index (χ3v) is 3.41. The first-order chi connectivity index (χ1) is 9.19. The van der Waals surface area contributed by atoms with E-state index in [4.69, 9.17) is 15.3 Å². The molecule has 0 aliphatic carbocycles. The highest BCUT2D eigenvalue weighted by Gasteiger charge is 2.12. The summed E-state index contributed by atoms with van der Waals surface area (Å²) in [6.45, 7) is 1.79. The van der Waals surface area contributed by atoms with E-state index in [9.17, 15) is 0 Å². The van der Waals surface area contributed by atoms with Gasteiger partial charge in [-0.3, -0.25) is 0 Å². The molecule has 2 rings (SSSR count). The lowest BCUT2D eigenvalue weighted by atomic mass is 10.2. The molecular formula is C13H10N4OS. The molecule has 0 atom stereocenters. The molecule has 0 aliphatic heterocycles. The Labute approximate surface area is 114 Å². The van der Waals surface area contributed by atoms with E-state index in [1.54, 1.807) is 25.1 Å². The smallest absolute Gasteiger partial charge is 0.143 e. The third kappa shape index (κ3) is 2.49. The molecule has 0 bridgehead atoms. The molecule has 1 aromatic heterocycles. The lowest BCUT2D eigenvalue weighted by Crippen LogP contribution is -1.95. The summed E-state index contributed by atoms with van der Waals surface area (Å²) in [6.07, 6.45) is 0. The highest BCUT2D eigenvalue weighted by Crippen LogP contribution is 2.32. The number of hydrogen-bond acceptors (Lipinski definition) is 6. The van der Waals surface area contributed by atoms with Gasteiger partial charge in [-0.2, -0.15) is 14.9 Å². The predicted octanol–water partition coefficient (Wildman–Crippen LogP) is 2.95. The number of ether oxygens (including phenoxy) is 1. The molecule has 2 aromatic rings. The van der Waals surface area contributed by atoms with Crippen LogP contribution >= 0.6 is 11.5 Å². The minimum Gasteiger partial charge on any atom is -0.495 e. The van der Waals surface area contributed by atoms with Crippen molar-refractivity contribution in [3.05, 3.63) is 35.0 Å². The van der Waals surface area contributed by atoms with Crippen molar-refractivity contribution in [1.29, 1.82) is 10.5 Å². The van der Waals surface area contributed by atoms with E-state index in [0.717, 1.165) is 0 Å². The number of benzene rings is 1. The molecule has 5 nitrogen and oxygen atoms in total. The first-order valence-corrected chi connectivity index (χ1v) is 6.18. The zero-order valence-corrected chi connectivity index (χ0v) is 11.2. The minimum atomic E-state index is 0.517. The number of aromatic nitrogens is 1. The van der Waals surface area contributed by atoms with Crippen molar-refractivity contribution in [1.82, 2.24) is 4.37 Å². The van der Waals surface area contributed by atoms with Gasteiger partial charge in [-0.15, -0.1) is 0 Å². The number of aryl methyl sites for hydroxylation is 1. The topological polar surface area (TPSA) is 81.7 Å². The fourth-order valence-corrected chi connectivity index (χ4v) is 2.33. The van der Waals surface area contributed by atoms with Crippen LogP contribution in [0.2, 0.25) is 0 Å². The van der Waals surface area contributed by atoms with Crippen molar-refractivity contribution >= 4 is 22.2 Å². The Balaban J connectivity index is 2.39. The second-order valence-electron chi connectivity index (χ2n) is 3.74. The van der Waals surface area contributed by atoms with Crippen LogP contribution in [0, 0.1) is 29.6 Å². The summed E-state index contributed by atoms with van der Waals surface area (Å²) in [5.41, 5.74) is 2.43. The summed E-state index contributed by atoms with van der Waals surface area (Å²) in [4.78, 5) is 0. The Bertz CT molecular complexity index is 694. The second kappa shape index (κ2) is 5.38. The van der Waals surface area contributed by atoms with E-state index in [1.807, 2.05) is 6.07 Å². The predicted molar refractivity (Wildman–Crippen MR) is 72.6 cm³/mol. The lowest BCUT2D eigenvalue weighted by molar-refractivity contribution is 0.416. The molecular weight excluding hydrogens is 260 g/mol. The summed E-state index contributed by atoms with van der Waals surface area (Å²) >= 11 is 1.22. The van der Waals surface area contributed by atoms with Crippen LogP contribution in [0.25, 0.3) is 0 Å². The van der Waals surface area contributed by atoms with Crippen LogP contribution < -0.4 is 10.1 Å². The van der Waals surface area contributed by atoms with Gasteiger partial charge in [0.2, 0.25) is 0 Å². The van der Waals surface area contributed by atoms with Gasteiger partial charge < -0.3 is 10.1 Å². The molecule has 0 saturated heterocycles. The third-order valence-electron chi connectivity index (χ3n) is 2.55. The molecule has 19 heavy (non-hydrogen) atoms.